The average Bonchev–Trinajstić information content (AvgIpc) is 2.17. The molecule has 1 aliphatic heterocycles. The molecule has 0 amide bonds. The van der Waals surface area contributed by atoms with Crippen LogP contribution in [0.15, 0.2) is 0 Å². The fourth-order valence-electron chi connectivity index (χ4n) is 2.19. The highest BCUT2D eigenvalue weighted by atomic mass is 16.3. The molecule has 78 valence electrons. The second kappa shape index (κ2) is 6.39. The van der Waals surface area contributed by atoms with Gasteiger partial charge in [-0.25, -0.2) is 0 Å². The lowest BCUT2D eigenvalue weighted by Gasteiger charge is -2.35. The van der Waals surface area contributed by atoms with E-state index in [9.17, 15) is 0 Å². The average molecular weight is 185 g/mol. The molecular weight excluding hydrogens is 162 g/mol. The number of likely N-dealkylation sites (tertiary alicyclic amines) is 1. The van der Waals surface area contributed by atoms with Gasteiger partial charge in [0.25, 0.3) is 0 Å². The first-order valence-corrected chi connectivity index (χ1v) is 5.73. The lowest BCUT2D eigenvalue weighted by atomic mass is 9.99. The second-order valence-electron chi connectivity index (χ2n) is 4.05. The normalized spacial score (nSPS) is 24.9. The van der Waals surface area contributed by atoms with Crippen molar-refractivity contribution in [3.8, 4) is 0 Å². The number of nitrogens with zero attached hydrogens (tertiary/aromatic N) is 1. The summed E-state index contributed by atoms with van der Waals surface area (Å²) in [6, 6.07) is 0.672. The van der Waals surface area contributed by atoms with Crippen LogP contribution in [0.3, 0.4) is 0 Å². The minimum absolute atomic E-state index is 0.354. The molecule has 13 heavy (non-hydrogen) atoms. The molecule has 1 N–H and O–H groups in total. The number of hydrogen-bond acceptors (Lipinski definition) is 2. The van der Waals surface area contributed by atoms with Crippen LogP contribution in [0.4, 0.5) is 0 Å². The Morgan fingerprint density at radius 3 is 2.92 bits per heavy atom. The number of aliphatic hydroxyl groups excluding tert-OH is 1. The molecule has 1 unspecified atom stereocenters. The molecule has 0 aromatic carbocycles. The van der Waals surface area contributed by atoms with Gasteiger partial charge < -0.3 is 10.0 Å². The zero-order chi connectivity index (χ0) is 9.52. The van der Waals surface area contributed by atoms with E-state index < -0.39 is 0 Å². The maximum atomic E-state index is 8.94. The number of rotatable bonds is 5. The Labute approximate surface area is 81.9 Å². The standard InChI is InChI=1S/C11H23NO/c1-2-3-8-12-9-5-4-6-11(12)7-10-13/h11,13H,2-10H2,1H3. The summed E-state index contributed by atoms with van der Waals surface area (Å²) in [7, 11) is 0. The zero-order valence-corrected chi connectivity index (χ0v) is 8.84. The Bertz CT molecular complexity index is 125. The van der Waals surface area contributed by atoms with Crippen molar-refractivity contribution in [1.82, 2.24) is 4.90 Å². The molecule has 0 radical (unpaired) electrons. The van der Waals surface area contributed by atoms with Crippen molar-refractivity contribution in [2.24, 2.45) is 0 Å². The lowest BCUT2D eigenvalue weighted by Crippen LogP contribution is -2.40. The van der Waals surface area contributed by atoms with E-state index in [-0.39, 0.29) is 0 Å². The maximum Gasteiger partial charge on any atom is 0.0445 e. The van der Waals surface area contributed by atoms with Crippen LogP contribution in [0.5, 0.6) is 0 Å². The third-order valence-electron chi connectivity index (χ3n) is 3.01. The van der Waals surface area contributed by atoms with Crippen LogP contribution in [0.25, 0.3) is 0 Å². The predicted molar refractivity (Wildman–Crippen MR) is 55.8 cm³/mol. The molecule has 0 spiro atoms. The number of unbranched alkanes of at least 4 members (excludes halogenated alkanes) is 1. The minimum atomic E-state index is 0.354. The van der Waals surface area contributed by atoms with Crippen LogP contribution in [-0.2, 0) is 0 Å². The van der Waals surface area contributed by atoms with Gasteiger partial charge in [0.2, 0.25) is 0 Å². The Kier molecular flexibility index (Phi) is 5.40. The highest BCUT2D eigenvalue weighted by molar-refractivity contribution is 4.76. The summed E-state index contributed by atoms with van der Waals surface area (Å²) in [6.45, 7) is 5.09. The summed E-state index contributed by atoms with van der Waals surface area (Å²) in [4.78, 5) is 2.57. The van der Waals surface area contributed by atoms with Crippen LogP contribution in [0, 0.1) is 0 Å². The van der Waals surface area contributed by atoms with Crippen molar-refractivity contribution >= 4 is 0 Å². The van der Waals surface area contributed by atoms with Crippen LogP contribution in [0.1, 0.15) is 45.4 Å². The summed E-state index contributed by atoms with van der Waals surface area (Å²) >= 11 is 0. The molecule has 1 rings (SSSR count). The molecule has 1 fully saturated rings. The number of hydrogen-bond donors (Lipinski definition) is 1. The van der Waals surface area contributed by atoms with Gasteiger partial charge >= 0.3 is 0 Å². The van der Waals surface area contributed by atoms with Gasteiger partial charge in [0.1, 0.15) is 0 Å². The van der Waals surface area contributed by atoms with Gasteiger partial charge in [0.05, 0.1) is 0 Å². The molecule has 0 aliphatic carbocycles. The maximum absolute atomic E-state index is 8.94. The smallest absolute Gasteiger partial charge is 0.0445 e. The van der Waals surface area contributed by atoms with E-state index in [1.165, 1.54) is 45.2 Å². The molecular formula is C11H23NO. The molecule has 1 saturated heterocycles. The second-order valence-corrected chi connectivity index (χ2v) is 4.05. The Hall–Kier alpha value is -0.0800. The van der Waals surface area contributed by atoms with Crippen molar-refractivity contribution in [2.45, 2.75) is 51.5 Å². The largest absolute Gasteiger partial charge is 0.396 e. The summed E-state index contributed by atoms with van der Waals surface area (Å²) in [6.07, 6.45) is 7.57. The van der Waals surface area contributed by atoms with E-state index in [2.05, 4.69) is 11.8 Å². The van der Waals surface area contributed by atoms with Gasteiger partial charge in [-0.05, 0) is 38.8 Å². The first-order chi connectivity index (χ1) is 6.38. The molecule has 1 heterocycles. The van der Waals surface area contributed by atoms with E-state index in [4.69, 9.17) is 5.11 Å². The van der Waals surface area contributed by atoms with Gasteiger partial charge in [0, 0.05) is 12.6 Å². The molecule has 0 aromatic rings. The van der Waals surface area contributed by atoms with E-state index in [0.717, 1.165) is 6.42 Å². The summed E-state index contributed by atoms with van der Waals surface area (Å²) in [5, 5.41) is 8.94. The van der Waals surface area contributed by atoms with E-state index in [1.54, 1.807) is 0 Å². The van der Waals surface area contributed by atoms with Crippen molar-refractivity contribution in [3.05, 3.63) is 0 Å². The summed E-state index contributed by atoms with van der Waals surface area (Å²) in [5.74, 6) is 0. The SMILES string of the molecule is CCCCN1CCCCC1CCO. The number of piperidine rings is 1. The van der Waals surface area contributed by atoms with Crippen molar-refractivity contribution in [3.63, 3.8) is 0 Å². The van der Waals surface area contributed by atoms with Gasteiger partial charge in [-0.15, -0.1) is 0 Å². The van der Waals surface area contributed by atoms with Crippen LogP contribution < -0.4 is 0 Å². The van der Waals surface area contributed by atoms with E-state index in [1.807, 2.05) is 0 Å². The van der Waals surface area contributed by atoms with E-state index in [0.29, 0.717) is 12.6 Å². The molecule has 2 nitrogen and oxygen atoms in total. The van der Waals surface area contributed by atoms with E-state index >= 15 is 0 Å². The van der Waals surface area contributed by atoms with Gasteiger partial charge in [-0.2, -0.15) is 0 Å². The quantitative estimate of drug-likeness (QED) is 0.708. The molecule has 0 bridgehead atoms. The van der Waals surface area contributed by atoms with Crippen molar-refractivity contribution < 1.29 is 5.11 Å². The van der Waals surface area contributed by atoms with Gasteiger partial charge in [0.15, 0.2) is 0 Å². The topological polar surface area (TPSA) is 23.5 Å². The van der Waals surface area contributed by atoms with Crippen LogP contribution in [-0.4, -0.2) is 35.7 Å². The van der Waals surface area contributed by atoms with Gasteiger partial charge in [-0.1, -0.05) is 19.8 Å². The Morgan fingerprint density at radius 2 is 2.23 bits per heavy atom. The summed E-state index contributed by atoms with van der Waals surface area (Å²) in [5.41, 5.74) is 0. The molecule has 0 saturated carbocycles. The highest BCUT2D eigenvalue weighted by Gasteiger charge is 2.20. The third kappa shape index (κ3) is 3.65. The van der Waals surface area contributed by atoms with Crippen LogP contribution in [0.2, 0.25) is 0 Å². The first-order valence-electron chi connectivity index (χ1n) is 5.73. The van der Waals surface area contributed by atoms with Crippen LogP contribution >= 0.6 is 0 Å². The fourth-order valence-corrected chi connectivity index (χ4v) is 2.19. The lowest BCUT2D eigenvalue weighted by molar-refractivity contribution is 0.118. The molecule has 1 aliphatic rings. The minimum Gasteiger partial charge on any atom is -0.396 e. The molecule has 0 aromatic heterocycles. The first kappa shape index (κ1) is 11.0. The summed E-state index contributed by atoms with van der Waals surface area (Å²) < 4.78 is 0. The third-order valence-corrected chi connectivity index (χ3v) is 3.01. The number of aliphatic hydroxyl groups is 1. The fraction of sp³-hybridized carbons (Fsp3) is 1.00. The molecule has 1 atom stereocenters. The highest BCUT2D eigenvalue weighted by Crippen LogP contribution is 2.19. The monoisotopic (exact) mass is 185 g/mol. The molecule has 2 heteroatoms. The van der Waals surface area contributed by atoms with Crippen molar-refractivity contribution in [1.29, 1.82) is 0 Å². The van der Waals surface area contributed by atoms with Gasteiger partial charge in [-0.3, -0.25) is 0 Å². The zero-order valence-electron chi connectivity index (χ0n) is 8.84. The Morgan fingerprint density at radius 1 is 1.38 bits per heavy atom. The Balaban J connectivity index is 2.28. The van der Waals surface area contributed by atoms with Crippen molar-refractivity contribution in [2.75, 3.05) is 19.7 Å². The predicted octanol–water partition coefficient (Wildman–Crippen LogP) is 2.02.